The maximum atomic E-state index is 10.5. The van der Waals surface area contributed by atoms with Gasteiger partial charge in [-0.3, -0.25) is 9.59 Å². The molecule has 1 aromatic rings. The van der Waals surface area contributed by atoms with Crippen LogP contribution in [0.3, 0.4) is 0 Å². The molecule has 0 aliphatic carbocycles. The van der Waals surface area contributed by atoms with Crippen LogP contribution in [0.25, 0.3) is 0 Å². The third-order valence-corrected chi connectivity index (χ3v) is 1.96. The Kier molecular flexibility index (Phi) is 9.52. The first-order chi connectivity index (χ1) is 8.18. The topological polar surface area (TPSA) is 72.2 Å². The van der Waals surface area contributed by atoms with Crippen LogP contribution in [0.5, 0.6) is 0 Å². The van der Waals surface area contributed by atoms with Crippen molar-refractivity contribution in [2.75, 3.05) is 6.54 Å². The molecule has 0 atom stereocenters. The van der Waals surface area contributed by atoms with Crippen molar-refractivity contribution in [2.24, 2.45) is 5.73 Å². The van der Waals surface area contributed by atoms with E-state index >= 15 is 0 Å². The van der Waals surface area contributed by atoms with Gasteiger partial charge in [0.2, 0.25) is 0 Å². The Labute approximate surface area is 102 Å². The number of nitrogens with one attached hydrogen (secondary N) is 1. The van der Waals surface area contributed by atoms with E-state index in [0.717, 1.165) is 19.3 Å². The van der Waals surface area contributed by atoms with Crippen molar-refractivity contribution >= 4 is 11.8 Å². The molecule has 0 heterocycles. The fourth-order valence-corrected chi connectivity index (χ4v) is 1.05. The van der Waals surface area contributed by atoms with Crippen LogP contribution in [0.4, 0.5) is 0 Å². The molecule has 3 N–H and O–H groups in total. The number of unbranched alkanes of at least 4 members (excludes halogenated alkanes) is 2. The first kappa shape index (κ1) is 15.2. The molecule has 0 saturated heterocycles. The quantitative estimate of drug-likeness (QED) is 0.613. The summed E-state index contributed by atoms with van der Waals surface area (Å²) in [7, 11) is 0. The van der Waals surface area contributed by atoms with Gasteiger partial charge in [0.15, 0.2) is 0 Å². The van der Waals surface area contributed by atoms with E-state index in [4.69, 9.17) is 5.73 Å². The predicted octanol–water partition coefficient (Wildman–Crippen LogP) is 1.46. The highest BCUT2D eigenvalue weighted by Crippen LogP contribution is 1.90. The number of hydrogen-bond acceptors (Lipinski definition) is 2. The minimum atomic E-state index is -0.915. The molecule has 0 saturated carbocycles. The molecular weight excluding hydrogens is 216 g/mol. The number of hydrogen-bond donors (Lipinski definition) is 2. The summed E-state index contributed by atoms with van der Waals surface area (Å²) in [6.07, 6.45) is 3.04. The van der Waals surface area contributed by atoms with Crippen molar-refractivity contribution in [2.45, 2.75) is 26.2 Å². The van der Waals surface area contributed by atoms with Gasteiger partial charge < -0.3 is 11.1 Å². The minimum Gasteiger partial charge on any atom is -0.361 e. The second-order valence-corrected chi connectivity index (χ2v) is 3.48. The van der Waals surface area contributed by atoms with Crippen molar-refractivity contribution < 1.29 is 9.59 Å². The molecule has 17 heavy (non-hydrogen) atoms. The summed E-state index contributed by atoms with van der Waals surface area (Å²) in [5.74, 6) is -1.61. The summed E-state index contributed by atoms with van der Waals surface area (Å²) < 4.78 is 0. The molecule has 0 bridgehead atoms. The van der Waals surface area contributed by atoms with Crippen LogP contribution < -0.4 is 11.1 Å². The minimum absolute atomic E-state index is 0.537. The van der Waals surface area contributed by atoms with Crippen molar-refractivity contribution in [3.8, 4) is 0 Å². The Morgan fingerprint density at radius 1 is 1.00 bits per heavy atom. The largest absolute Gasteiger partial charge is 0.361 e. The lowest BCUT2D eigenvalue weighted by atomic mass is 10.2. The first-order valence-electron chi connectivity index (χ1n) is 5.76. The van der Waals surface area contributed by atoms with E-state index < -0.39 is 11.8 Å². The Bertz CT molecular complexity index is 286. The van der Waals surface area contributed by atoms with Crippen LogP contribution in [-0.4, -0.2) is 18.4 Å². The van der Waals surface area contributed by atoms with E-state index in [1.807, 2.05) is 36.4 Å². The summed E-state index contributed by atoms with van der Waals surface area (Å²) in [6.45, 7) is 2.60. The molecule has 4 nitrogen and oxygen atoms in total. The van der Waals surface area contributed by atoms with Gasteiger partial charge in [0.25, 0.3) is 0 Å². The molecule has 1 aromatic carbocycles. The van der Waals surface area contributed by atoms with E-state index in [2.05, 4.69) is 12.2 Å². The molecule has 0 radical (unpaired) electrons. The summed E-state index contributed by atoms with van der Waals surface area (Å²) in [5, 5.41) is 2.40. The molecule has 0 aliphatic rings. The summed E-state index contributed by atoms with van der Waals surface area (Å²) in [5.41, 5.74) is 4.70. The van der Waals surface area contributed by atoms with Gasteiger partial charge in [-0.2, -0.15) is 0 Å². The third kappa shape index (κ3) is 10.4. The zero-order valence-electron chi connectivity index (χ0n) is 10.2. The molecule has 1 rings (SSSR count). The number of carbonyl (C=O) groups excluding carboxylic acids is 2. The zero-order valence-corrected chi connectivity index (χ0v) is 10.2. The van der Waals surface area contributed by atoms with Gasteiger partial charge in [0.1, 0.15) is 0 Å². The maximum Gasteiger partial charge on any atom is 0.309 e. The molecule has 0 aliphatic heterocycles. The Balaban J connectivity index is 0.000000354. The first-order valence-corrected chi connectivity index (χ1v) is 5.76. The number of amides is 2. The van der Waals surface area contributed by atoms with Crippen LogP contribution in [0.1, 0.15) is 26.2 Å². The Morgan fingerprint density at radius 2 is 1.47 bits per heavy atom. The normalized spacial score (nSPS) is 8.76. The standard InChI is InChI=1S/C7H14N2O2.C6H6/c1-2-3-4-5-9-7(11)6(8)10;1-2-4-6-5-3-1/h2-5H2,1H3,(H2,8,10)(H,9,11);1-6H. The lowest BCUT2D eigenvalue weighted by Crippen LogP contribution is -2.36. The van der Waals surface area contributed by atoms with Gasteiger partial charge in [-0.15, -0.1) is 0 Å². The molecule has 4 heteroatoms. The number of carbonyl (C=O) groups is 2. The van der Waals surface area contributed by atoms with Gasteiger partial charge in [0.05, 0.1) is 0 Å². The molecule has 0 fully saturated rings. The number of rotatable bonds is 4. The summed E-state index contributed by atoms with van der Waals surface area (Å²) >= 11 is 0. The van der Waals surface area contributed by atoms with Gasteiger partial charge in [-0.05, 0) is 6.42 Å². The second kappa shape index (κ2) is 10.7. The van der Waals surface area contributed by atoms with Gasteiger partial charge in [-0.1, -0.05) is 56.2 Å². The molecule has 0 unspecified atom stereocenters. The Hall–Kier alpha value is -1.84. The summed E-state index contributed by atoms with van der Waals surface area (Å²) in [4.78, 5) is 20.7. The van der Waals surface area contributed by atoms with Crippen LogP contribution in [0.2, 0.25) is 0 Å². The van der Waals surface area contributed by atoms with E-state index in [9.17, 15) is 9.59 Å². The fraction of sp³-hybridized carbons (Fsp3) is 0.385. The molecular formula is C13H20N2O2. The van der Waals surface area contributed by atoms with Crippen molar-refractivity contribution in [1.82, 2.24) is 5.32 Å². The predicted molar refractivity (Wildman–Crippen MR) is 68.2 cm³/mol. The van der Waals surface area contributed by atoms with Crippen LogP contribution >= 0.6 is 0 Å². The highest BCUT2D eigenvalue weighted by Gasteiger charge is 2.05. The highest BCUT2D eigenvalue weighted by atomic mass is 16.2. The second-order valence-electron chi connectivity index (χ2n) is 3.48. The van der Waals surface area contributed by atoms with Crippen molar-refractivity contribution in [3.05, 3.63) is 36.4 Å². The average Bonchev–Trinajstić information content (AvgIpc) is 2.37. The number of primary amides is 1. The number of benzene rings is 1. The van der Waals surface area contributed by atoms with Crippen molar-refractivity contribution in [1.29, 1.82) is 0 Å². The third-order valence-electron chi connectivity index (χ3n) is 1.96. The van der Waals surface area contributed by atoms with E-state index in [1.165, 1.54) is 0 Å². The fourth-order valence-electron chi connectivity index (χ4n) is 1.05. The smallest absolute Gasteiger partial charge is 0.309 e. The molecule has 94 valence electrons. The lowest BCUT2D eigenvalue weighted by Gasteiger charge is -1.99. The highest BCUT2D eigenvalue weighted by molar-refractivity contribution is 6.34. The zero-order chi connectivity index (χ0) is 12.9. The van der Waals surface area contributed by atoms with Crippen molar-refractivity contribution in [3.63, 3.8) is 0 Å². The van der Waals surface area contributed by atoms with Gasteiger partial charge in [0, 0.05) is 6.54 Å². The average molecular weight is 236 g/mol. The lowest BCUT2D eigenvalue weighted by molar-refractivity contribution is -0.137. The number of nitrogens with two attached hydrogens (primary N) is 1. The SMILES string of the molecule is CCCCCNC(=O)C(N)=O.c1ccccc1. The van der Waals surface area contributed by atoms with Crippen LogP contribution in [0.15, 0.2) is 36.4 Å². The van der Waals surface area contributed by atoms with E-state index in [0.29, 0.717) is 6.54 Å². The molecule has 2 amide bonds. The van der Waals surface area contributed by atoms with Crippen LogP contribution in [-0.2, 0) is 9.59 Å². The van der Waals surface area contributed by atoms with Crippen LogP contribution in [0, 0.1) is 0 Å². The summed E-state index contributed by atoms with van der Waals surface area (Å²) in [6, 6.07) is 12.0. The van der Waals surface area contributed by atoms with E-state index in [-0.39, 0.29) is 0 Å². The monoisotopic (exact) mass is 236 g/mol. The van der Waals surface area contributed by atoms with E-state index in [1.54, 1.807) is 0 Å². The van der Waals surface area contributed by atoms with Gasteiger partial charge >= 0.3 is 11.8 Å². The molecule has 0 aromatic heterocycles. The van der Waals surface area contributed by atoms with Gasteiger partial charge in [-0.25, -0.2) is 0 Å². The molecule has 0 spiro atoms. The Morgan fingerprint density at radius 3 is 1.82 bits per heavy atom. The maximum absolute atomic E-state index is 10.5.